The third-order valence-electron chi connectivity index (χ3n) is 2.82. The van der Waals surface area contributed by atoms with Gasteiger partial charge in [-0.2, -0.15) is 0 Å². The first-order valence-corrected chi connectivity index (χ1v) is 5.41. The summed E-state index contributed by atoms with van der Waals surface area (Å²) in [5.41, 5.74) is -0.253. The molecule has 86 valence electrons. The van der Waals surface area contributed by atoms with Crippen molar-refractivity contribution in [3.05, 3.63) is 29.0 Å². The van der Waals surface area contributed by atoms with Gasteiger partial charge in [0.05, 0.1) is 16.2 Å². The minimum Gasteiger partial charge on any atom is -0.323 e. The van der Waals surface area contributed by atoms with Crippen LogP contribution < -0.4 is 10.6 Å². The van der Waals surface area contributed by atoms with Crippen LogP contribution in [0.4, 0.5) is 10.1 Å². The van der Waals surface area contributed by atoms with E-state index in [9.17, 15) is 9.18 Å². The van der Waals surface area contributed by atoms with Crippen LogP contribution in [0.5, 0.6) is 0 Å². The molecule has 1 heterocycles. The van der Waals surface area contributed by atoms with Crippen LogP contribution in [0.1, 0.15) is 13.3 Å². The molecule has 1 amide bonds. The average Bonchev–Trinajstić information content (AvgIpc) is 2.20. The number of benzene rings is 1. The maximum atomic E-state index is 13.0. The number of rotatable bonds is 2. The van der Waals surface area contributed by atoms with E-state index in [1.54, 1.807) is 6.92 Å². The van der Waals surface area contributed by atoms with E-state index in [1.807, 2.05) is 0 Å². The van der Waals surface area contributed by atoms with Crippen LogP contribution >= 0.6 is 11.6 Å². The van der Waals surface area contributed by atoms with Gasteiger partial charge in [-0.05, 0) is 38.1 Å². The van der Waals surface area contributed by atoms with Crippen molar-refractivity contribution in [1.82, 2.24) is 5.32 Å². The van der Waals surface area contributed by atoms with Crippen molar-refractivity contribution >= 4 is 23.2 Å². The standard InChI is InChI=1S/C11H12ClFN2O/c1-11(4-5-14-11)10(16)15-9-6-7(13)2-3-8(9)12/h2-3,6,14H,4-5H2,1H3,(H,15,16). The Morgan fingerprint density at radius 2 is 2.31 bits per heavy atom. The van der Waals surface area contributed by atoms with Gasteiger partial charge in [0.2, 0.25) is 5.91 Å². The molecule has 0 aliphatic carbocycles. The predicted molar refractivity (Wildman–Crippen MR) is 61.1 cm³/mol. The van der Waals surface area contributed by atoms with Crippen LogP contribution in [-0.2, 0) is 4.79 Å². The summed E-state index contributed by atoms with van der Waals surface area (Å²) >= 11 is 5.85. The molecule has 0 saturated carbocycles. The van der Waals surface area contributed by atoms with Crippen molar-refractivity contribution in [2.45, 2.75) is 18.9 Å². The Bertz CT molecular complexity index is 432. The zero-order valence-electron chi connectivity index (χ0n) is 8.81. The van der Waals surface area contributed by atoms with Crippen molar-refractivity contribution in [3.63, 3.8) is 0 Å². The molecule has 2 N–H and O–H groups in total. The summed E-state index contributed by atoms with van der Waals surface area (Å²) in [5.74, 6) is -0.613. The minimum atomic E-state index is -0.560. The molecule has 1 unspecified atom stereocenters. The lowest BCUT2D eigenvalue weighted by Crippen LogP contribution is -2.61. The third kappa shape index (κ3) is 2.03. The highest BCUT2D eigenvalue weighted by Crippen LogP contribution is 2.25. The fourth-order valence-electron chi connectivity index (χ4n) is 1.55. The largest absolute Gasteiger partial charge is 0.323 e. The Morgan fingerprint density at radius 3 is 2.88 bits per heavy atom. The summed E-state index contributed by atoms with van der Waals surface area (Å²) in [6, 6.07) is 3.88. The minimum absolute atomic E-state index is 0.189. The Balaban J connectivity index is 2.14. The highest BCUT2D eigenvalue weighted by atomic mass is 35.5. The van der Waals surface area contributed by atoms with Gasteiger partial charge in [-0.3, -0.25) is 4.79 Å². The van der Waals surface area contributed by atoms with Crippen molar-refractivity contribution in [1.29, 1.82) is 0 Å². The molecule has 0 spiro atoms. The normalized spacial score (nSPS) is 23.7. The van der Waals surface area contributed by atoms with Gasteiger partial charge < -0.3 is 10.6 Å². The summed E-state index contributed by atoms with van der Waals surface area (Å²) in [6.07, 6.45) is 0.770. The summed E-state index contributed by atoms with van der Waals surface area (Å²) in [5, 5.41) is 5.98. The predicted octanol–water partition coefficient (Wildman–Crippen LogP) is 2.17. The maximum absolute atomic E-state index is 13.0. The Kier molecular flexibility index (Phi) is 2.86. The number of nitrogens with one attached hydrogen (secondary N) is 2. The molecule has 1 fully saturated rings. The number of carbonyl (C=O) groups is 1. The zero-order chi connectivity index (χ0) is 11.8. The molecule has 1 aromatic carbocycles. The SMILES string of the molecule is CC1(C(=O)Nc2cc(F)ccc2Cl)CCN1. The molecule has 0 bridgehead atoms. The highest BCUT2D eigenvalue weighted by molar-refractivity contribution is 6.33. The number of hydrogen-bond donors (Lipinski definition) is 2. The highest BCUT2D eigenvalue weighted by Gasteiger charge is 2.38. The van der Waals surface area contributed by atoms with Gasteiger partial charge in [0.25, 0.3) is 0 Å². The van der Waals surface area contributed by atoms with Crippen molar-refractivity contribution < 1.29 is 9.18 Å². The van der Waals surface area contributed by atoms with Gasteiger partial charge in [0.1, 0.15) is 5.82 Å². The third-order valence-corrected chi connectivity index (χ3v) is 3.15. The fourth-order valence-corrected chi connectivity index (χ4v) is 1.71. The smallest absolute Gasteiger partial charge is 0.244 e. The quantitative estimate of drug-likeness (QED) is 0.835. The number of anilines is 1. The molecule has 1 saturated heterocycles. The molecule has 1 aliphatic heterocycles. The second kappa shape index (κ2) is 4.03. The van der Waals surface area contributed by atoms with Crippen LogP contribution in [-0.4, -0.2) is 18.0 Å². The van der Waals surface area contributed by atoms with E-state index in [1.165, 1.54) is 18.2 Å². The molecule has 2 rings (SSSR count). The number of hydrogen-bond acceptors (Lipinski definition) is 2. The van der Waals surface area contributed by atoms with Crippen molar-refractivity contribution in [3.8, 4) is 0 Å². The van der Waals surface area contributed by atoms with Gasteiger partial charge in [-0.25, -0.2) is 4.39 Å². The lowest BCUT2D eigenvalue weighted by atomic mass is 9.89. The van der Waals surface area contributed by atoms with Gasteiger partial charge in [0, 0.05) is 0 Å². The van der Waals surface area contributed by atoms with Gasteiger partial charge in [0.15, 0.2) is 0 Å². The molecule has 1 atom stereocenters. The molecule has 5 heteroatoms. The first kappa shape index (κ1) is 11.4. The second-order valence-corrected chi connectivity index (χ2v) is 4.49. The molecule has 16 heavy (non-hydrogen) atoms. The van der Waals surface area contributed by atoms with E-state index in [-0.39, 0.29) is 5.91 Å². The number of halogens is 2. The summed E-state index contributed by atoms with van der Waals surface area (Å²) in [4.78, 5) is 11.8. The van der Waals surface area contributed by atoms with E-state index in [2.05, 4.69) is 10.6 Å². The molecule has 0 aromatic heterocycles. The lowest BCUT2D eigenvalue weighted by molar-refractivity contribution is -0.124. The number of amides is 1. The van der Waals surface area contributed by atoms with Crippen LogP contribution in [0.3, 0.4) is 0 Å². The second-order valence-electron chi connectivity index (χ2n) is 4.09. The topological polar surface area (TPSA) is 41.1 Å². The maximum Gasteiger partial charge on any atom is 0.244 e. The average molecular weight is 243 g/mol. The van der Waals surface area contributed by atoms with E-state index in [0.29, 0.717) is 10.7 Å². The molecule has 0 radical (unpaired) electrons. The molecule has 1 aromatic rings. The van der Waals surface area contributed by atoms with Gasteiger partial charge in [-0.15, -0.1) is 0 Å². The monoisotopic (exact) mass is 242 g/mol. The van der Waals surface area contributed by atoms with E-state index >= 15 is 0 Å². The lowest BCUT2D eigenvalue weighted by Gasteiger charge is -2.38. The Hall–Kier alpha value is -1.13. The summed E-state index contributed by atoms with van der Waals surface area (Å²) < 4.78 is 13.0. The first-order chi connectivity index (χ1) is 7.51. The fraction of sp³-hybridized carbons (Fsp3) is 0.364. The Labute approximate surface area is 98.0 Å². The van der Waals surface area contributed by atoms with Gasteiger partial charge in [-0.1, -0.05) is 11.6 Å². The van der Waals surface area contributed by atoms with E-state index in [4.69, 9.17) is 11.6 Å². The molecule has 1 aliphatic rings. The van der Waals surface area contributed by atoms with Gasteiger partial charge >= 0.3 is 0 Å². The Morgan fingerprint density at radius 1 is 1.62 bits per heavy atom. The number of carbonyl (C=O) groups excluding carboxylic acids is 1. The van der Waals surface area contributed by atoms with E-state index in [0.717, 1.165) is 13.0 Å². The van der Waals surface area contributed by atoms with Crippen molar-refractivity contribution in [2.24, 2.45) is 0 Å². The molecule has 3 nitrogen and oxygen atoms in total. The van der Waals surface area contributed by atoms with Crippen LogP contribution in [0, 0.1) is 5.82 Å². The summed E-state index contributed by atoms with van der Waals surface area (Å²) in [7, 11) is 0. The summed E-state index contributed by atoms with van der Waals surface area (Å²) in [6.45, 7) is 2.62. The van der Waals surface area contributed by atoms with Crippen LogP contribution in [0.25, 0.3) is 0 Å². The van der Waals surface area contributed by atoms with Crippen molar-refractivity contribution in [2.75, 3.05) is 11.9 Å². The molecular weight excluding hydrogens is 231 g/mol. The van der Waals surface area contributed by atoms with E-state index < -0.39 is 11.4 Å². The molecular formula is C11H12ClFN2O. The van der Waals surface area contributed by atoms with Crippen LogP contribution in [0.2, 0.25) is 5.02 Å². The first-order valence-electron chi connectivity index (χ1n) is 5.03. The van der Waals surface area contributed by atoms with Crippen LogP contribution in [0.15, 0.2) is 18.2 Å². The zero-order valence-corrected chi connectivity index (χ0v) is 9.57.